The number of aliphatic hydroxyl groups is 6. The monoisotopic (exact) mass is 210 g/mol. The molecule has 0 fully saturated rings. The molecular formula is C7H14O7. The van der Waals surface area contributed by atoms with Gasteiger partial charge in [-0.05, 0) is 0 Å². The first-order valence-electron chi connectivity index (χ1n) is 3.92. The minimum Gasteiger partial charge on any atom is -0.394 e. The summed E-state index contributed by atoms with van der Waals surface area (Å²) >= 11 is 0. The van der Waals surface area contributed by atoms with Gasteiger partial charge in [0.1, 0.15) is 30.5 Å². The van der Waals surface area contributed by atoms with Gasteiger partial charge in [-0.2, -0.15) is 0 Å². The second kappa shape index (κ2) is 6.02. The molecule has 14 heavy (non-hydrogen) atoms. The quantitative estimate of drug-likeness (QED) is 0.245. The molecule has 0 aliphatic heterocycles. The fourth-order valence-corrected chi connectivity index (χ4v) is 0.820. The summed E-state index contributed by atoms with van der Waals surface area (Å²) in [5, 5.41) is 53.2. The van der Waals surface area contributed by atoms with Crippen LogP contribution in [0.15, 0.2) is 0 Å². The summed E-state index contributed by atoms with van der Waals surface area (Å²) in [4.78, 5) is 10.00. The van der Waals surface area contributed by atoms with Crippen LogP contribution >= 0.6 is 0 Å². The predicted molar refractivity (Wildman–Crippen MR) is 43.2 cm³/mol. The first-order chi connectivity index (χ1) is 6.45. The number of carbonyl (C=O) groups is 1. The van der Waals surface area contributed by atoms with Crippen LogP contribution in [0.4, 0.5) is 0 Å². The van der Waals surface area contributed by atoms with E-state index in [2.05, 4.69) is 0 Å². The van der Waals surface area contributed by atoms with Gasteiger partial charge in [-0.3, -0.25) is 0 Å². The standard InChI is InChI=1S/C7H14O7/c8-1-3(10)5(12)7(14)6(13)4(11)2-9/h1,3-7,9-14H,2H2/t3-,4+,5-,6-,7-/m1/s1. The Morgan fingerprint density at radius 2 is 1.43 bits per heavy atom. The Bertz CT molecular complexity index is 173. The molecule has 0 radical (unpaired) electrons. The molecule has 0 rings (SSSR count). The molecule has 0 saturated carbocycles. The average Bonchev–Trinajstić information content (AvgIpc) is 2.23. The van der Waals surface area contributed by atoms with Crippen LogP contribution in [-0.2, 0) is 4.79 Å². The number of rotatable bonds is 6. The highest BCUT2D eigenvalue weighted by Crippen LogP contribution is 2.07. The van der Waals surface area contributed by atoms with Crippen LogP contribution < -0.4 is 0 Å². The zero-order valence-corrected chi connectivity index (χ0v) is 7.26. The Kier molecular flexibility index (Phi) is 5.77. The van der Waals surface area contributed by atoms with E-state index >= 15 is 0 Å². The van der Waals surface area contributed by atoms with E-state index in [4.69, 9.17) is 30.6 Å². The molecule has 0 saturated heterocycles. The highest BCUT2D eigenvalue weighted by molar-refractivity contribution is 5.56. The molecule has 0 aromatic carbocycles. The molecule has 0 aliphatic carbocycles. The summed E-state index contributed by atoms with van der Waals surface area (Å²) in [6.45, 7) is -0.817. The largest absolute Gasteiger partial charge is 0.394 e. The maximum Gasteiger partial charge on any atom is 0.151 e. The van der Waals surface area contributed by atoms with Crippen molar-refractivity contribution in [3.63, 3.8) is 0 Å². The molecule has 0 aliphatic rings. The smallest absolute Gasteiger partial charge is 0.151 e. The van der Waals surface area contributed by atoms with Crippen molar-refractivity contribution in [1.29, 1.82) is 0 Å². The zero-order valence-electron chi connectivity index (χ0n) is 7.26. The van der Waals surface area contributed by atoms with Crippen LogP contribution in [-0.4, -0.2) is 74.1 Å². The summed E-state index contributed by atoms with van der Waals surface area (Å²) in [5.41, 5.74) is 0. The van der Waals surface area contributed by atoms with Gasteiger partial charge in [0.15, 0.2) is 6.29 Å². The van der Waals surface area contributed by atoms with Gasteiger partial charge in [0, 0.05) is 0 Å². The maximum absolute atomic E-state index is 10.00. The van der Waals surface area contributed by atoms with Crippen molar-refractivity contribution in [2.24, 2.45) is 0 Å². The van der Waals surface area contributed by atoms with Gasteiger partial charge in [0.25, 0.3) is 0 Å². The topological polar surface area (TPSA) is 138 Å². The summed E-state index contributed by atoms with van der Waals surface area (Å²) in [6.07, 6.45) is -9.21. The van der Waals surface area contributed by atoms with Gasteiger partial charge in [-0.15, -0.1) is 0 Å². The van der Waals surface area contributed by atoms with E-state index in [1.165, 1.54) is 0 Å². The minimum atomic E-state index is -1.92. The highest BCUT2D eigenvalue weighted by atomic mass is 16.4. The molecule has 0 unspecified atom stereocenters. The third-order valence-corrected chi connectivity index (χ3v) is 1.77. The lowest BCUT2D eigenvalue weighted by molar-refractivity contribution is -0.147. The predicted octanol–water partition coefficient (Wildman–Crippen LogP) is -4.02. The molecule has 0 bridgehead atoms. The Labute approximate surface area is 79.9 Å². The van der Waals surface area contributed by atoms with E-state index in [1.54, 1.807) is 0 Å². The van der Waals surface area contributed by atoms with Gasteiger partial charge in [-0.25, -0.2) is 0 Å². The van der Waals surface area contributed by atoms with Gasteiger partial charge >= 0.3 is 0 Å². The fraction of sp³-hybridized carbons (Fsp3) is 0.857. The Hall–Kier alpha value is -0.570. The van der Waals surface area contributed by atoms with Crippen LogP contribution in [0.3, 0.4) is 0 Å². The van der Waals surface area contributed by atoms with Gasteiger partial charge in [0.2, 0.25) is 0 Å². The van der Waals surface area contributed by atoms with E-state index < -0.39 is 37.1 Å². The summed E-state index contributed by atoms with van der Waals surface area (Å²) < 4.78 is 0. The molecule has 0 heterocycles. The third-order valence-electron chi connectivity index (χ3n) is 1.77. The Morgan fingerprint density at radius 1 is 0.929 bits per heavy atom. The molecule has 7 nitrogen and oxygen atoms in total. The maximum atomic E-state index is 10.00. The summed E-state index contributed by atoms with van der Waals surface area (Å²) in [6, 6.07) is 0. The zero-order chi connectivity index (χ0) is 11.3. The van der Waals surface area contributed by atoms with Crippen molar-refractivity contribution in [1.82, 2.24) is 0 Å². The van der Waals surface area contributed by atoms with Crippen LogP contribution in [0.5, 0.6) is 0 Å². The molecule has 0 spiro atoms. The number of hydrogen-bond acceptors (Lipinski definition) is 7. The SMILES string of the molecule is O=C[C@@H](O)[C@@H](O)[C@@H](O)[C@H](O)[C@@H](O)CO. The Balaban J connectivity index is 4.29. The van der Waals surface area contributed by atoms with Crippen molar-refractivity contribution in [3.05, 3.63) is 0 Å². The molecule has 6 N–H and O–H groups in total. The second-order valence-electron chi connectivity index (χ2n) is 2.85. The van der Waals surface area contributed by atoms with E-state index in [0.29, 0.717) is 0 Å². The van der Waals surface area contributed by atoms with Crippen molar-refractivity contribution in [3.8, 4) is 0 Å². The lowest BCUT2D eigenvalue weighted by atomic mass is 10.0. The normalized spacial score (nSPS) is 22.1. The fourth-order valence-electron chi connectivity index (χ4n) is 0.820. The van der Waals surface area contributed by atoms with Crippen LogP contribution in [0.1, 0.15) is 0 Å². The molecule has 0 aromatic heterocycles. The van der Waals surface area contributed by atoms with E-state index in [9.17, 15) is 4.79 Å². The number of hydrogen-bond donors (Lipinski definition) is 6. The van der Waals surface area contributed by atoms with Crippen molar-refractivity contribution < 1.29 is 35.4 Å². The van der Waals surface area contributed by atoms with Gasteiger partial charge < -0.3 is 35.4 Å². The Morgan fingerprint density at radius 3 is 1.79 bits per heavy atom. The first-order valence-corrected chi connectivity index (χ1v) is 3.92. The highest BCUT2D eigenvalue weighted by Gasteiger charge is 2.33. The van der Waals surface area contributed by atoms with Crippen LogP contribution in [0, 0.1) is 0 Å². The number of carbonyl (C=O) groups excluding carboxylic acids is 1. The van der Waals surface area contributed by atoms with E-state index in [1.807, 2.05) is 0 Å². The molecule has 84 valence electrons. The lowest BCUT2D eigenvalue weighted by Crippen LogP contribution is -2.50. The average molecular weight is 210 g/mol. The van der Waals surface area contributed by atoms with Crippen LogP contribution in [0.25, 0.3) is 0 Å². The molecule has 7 heteroatoms. The first kappa shape index (κ1) is 13.4. The lowest BCUT2D eigenvalue weighted by Gasteiger charge is -2.26. The van der Waals surface area contributed by atoms with Gasteiger partial charge in [-0.1, -0.05) is 0 Å². The van der Waals surface area contributed by atoms with Gasteiger partial charge in [0.05, 0.1) is 6.61 Å². The second-order valence-corrected chi connectivity index (χ2v) is 2.85. The minimum absolute atomic E-state index is 0.0219. The number of aldehydes is 1. The summed E-state index contributed by atoms with van der Waals surface area (Å²) in [7, 11) is 0. The van der Waals surface area contributed by atoms with E-state index in [0.717, 1.165) is 0 Å². The van der Waals surface area contributed by atoms with Crippen molar-refractivity contribution in [2.75, 3.05) is 6.61 Å². The molecular weight excluding hydrogens is 196 g/mol. The van der Waals surface area contributed by atoms with Crippen LogP contribution in [0.2, 0.25) is 0 Å². The molecule has 0 amide bonds. The summed E-state index contributed by atoms with van der Waals surface area (Å²) in [5.74, 6) is 0. The third kappa shape index (κ3) is 3.29. The molecule has 0 aromatic rings. The van der Waals surface area contributed by atoms with Crippen molar-refractivity contribution in [2.45, 2.75) is 30.5 Å². The van der Waals surface area contributed by atoms with E-state index in [-0.39, 0.29) is 6.29 Å². The number of aliphatic hydroxyl groups excluding tert-OH is 6. The van der Waals surface area contributed by atoms with Crippen molar-refractivity contribution >= 4 is 6.29 Å². The molecule has 5 atom stereocenters.